The van der Waals surface area contributed by atoms with Crippen LogP contribution in [0.4, 0.5) is 0 Å². The van der Waals surface area contributed by atoms with E-state index in [1.807, 2.05) is 6.07 Å². The normalized spacial score (nSPS) is 11.3. The van der Waals surface area contributed by atoms with Crippen molar-refractivity contribution in [3.8, 4) is 11.5 Å². The van der Waals surface area contributed by atoms with Gasteiger partial charge in [-0.3, -0.25) is 0 Å². The molecule has 0 aromatic heterocycles. The molecule has 23 heavy (non-hydrogen) atoms. The van der Waals surface area contributed by atoms with Crippen molar-refractivity contribution in [2.24, 2.45) is 0 Å². The second-order valence-electron chi connectivity index (χ2n) is 6.41. The van der Waals surface area contributed by atoms with Gasteiger partial charge in [-0.25, -0.2) is 0 Å². The van der Waals surface area contributed by atoms with Crippen molar-refractivity contribution in [2.45, 2.75) is 84.0 Å². The highest BCUT2D eigenvalue weighted by Crippen LogP contribution is 2.29. The maximum Gasteiger partial charge on any atom is 0.160 e. The molecule has 0 heterocycles. The average Bonchev–Trinajstić information content (AvgIpc) is 2.55. The minimum atomic E-state index is -0.00811. The third-order valence-corrected chi connectivity index (χ3v) is 4.31. The SMILES string of the molecule is CCCC/C=C\CCCCCCCCCc1cccc(O)c1O. The van der Waals surface area contributed by atoms with E-state index in [4.69, 9.17) is 0 Å². The van der Waals surface area contributed by atoms with Gasteiger partial charge in [0.05, 0.1) is 0 Å². The van der Waals surface area contributed by atoms with Crippen molar-refractivity contribution in [1.82, 2.24) is 0 Å². The fraction of sp³-hybridized carbons (Fsp3) is 0.619. The number of aromatic hydroxyl groups is 2. The highest BCUT2D eigenvalue weighted by molar-refractivity contribution is 5.44. The molecule has 0 unspecified atom stereocenters. The first-order valence-electron chi connectivity index (χ1n) is 9.40. The molecule has 0 saturated heterocycles. The zero-order valence-electron chi connectivity index (χ0n) is 14.8. The molecule has 0 aliphatic rings. The summed E-state index contributed by atoms with van der Waals surface area (Å²) in [5.41, 5.74) is 0.861. The number of unbranched alkanes of at least 4 members (excludes halogenated alkanes) is 9. The van der Waals surface area contributed by atoms with E-state index in [-0.39, 0.29) is 11.5 Å². The van der Waals surface area contributed by atoms with Crippen molar-refractivity contribution in [2.75, 3.05) is 0 Å². The molecular formula is C21H34O2. The summed E-state index contributed by atoms with van der Waals surface area (Å²) in [6.45, 7) is 2.24. The molecule has 1 aromatic rings. The summed E-state index contributed by atoms with van der Waals surface area (Å²) in [6, 6.07) is 5.21. The van der Waals surface area contributed by atoms with Crippen LogP contribution in [0.3, 0.4) is 0 Å². The number of benzene rings is 1. The fourth-order valence-corrected chi connectivity index (χ4v) is 2.80. The van der Waals surface area contributed by atoms with Crippen molar-refractivity contribution in [3.05, 3.63) is 35.9 Å². The van der Waals surface area contributed by atoms with Gasteiger partial charge in [-0.1, -0.05) is 76.2 Å². The van der Waals surface area contributed by atoms with E-state index >= 15 is 0 Å². The Morgan fingerprint density at radius 2 is 1.39 bits per heavy atom. The zero-order valence-corrected chi connectivity index (χ0v) is 14.8. The lowest BCUT2D eigenvalue weighted by Crippen LogP contribution is -1.87. The molecule has 130 valence electrons. The number of hydrogen-bond donors (Lipinski definition) is 2. The maximum atomic E-state index is 9.73. The molecule has 0 radical (unpaired) electrons. The summed E-state index contributed by atoms with van der Waals surface area (Å²) in [5, 5.41) is 19.2. The van der Waals surface area contributed by atoms with Gasteiger partial charge in [0.15, 0.2) is 11.5 Å². The molecule has 0 amide bonds. The van der Waals surface area contributed by atoms with Gasteiger partial charge in [0.25, 0.3) is 0 Å². The molecule has 0 saturated carbocycles. The van der Waals surface area contributed by atoms with Crippen LogP contribution >= 0.6 is 0 Å². The van der Waals surface area contributed by atoms with Crippen LogP contribution in [-0.4, -0.2) is 10.2 Å². The largest absolute Gasteiger partial charge is 0.504 e. The smallest absolute Gasteiger partial charge is 0.160 e. The van der Waals surface area contributed by atoms with Crippen LogP contribution in [0.2, 0.25) is 0 Å². The van der Waals surface area contributed by atoms with E-state index in [2.05, 4.69) is 19.1 Å². The number of phenols is 2. The van der Waals surface area contributed by atoms with E-state index in [9.17, 15) is 10.2 Å². The van der Waals surface area contributed by atoms with E-state index < -0.39 is 0 Å². The maximum absolute atomic E-state index is 9.73. The zero-order chi connectivity index (χ0) is 16.8. The van der Waals surface area contributed by atoms with Gasteiger partial charge in [0.1, 0.15) is 0 Å². The first kappa shape index (κ1) is 19.6. The fourth-order valence-electron chi connectivity index (χ4n) is 2.80. The van der Waals surface area contributed by atoms with Crippen molar-refractivity contribution in [3.63, 3.8) is 0 Å². The molecule has 0 bridgehead atoms. The van der Waals surface area contributed by atoms with Crippen LogP contribution < -0.4 is 0 Å². The molecule has 2 N–H and O–H groups in total. The highest BCUT2D eigenvalue weighted by atomic mass is 16.3. The lowest BCUT2D eigenvalue weighted by molar-refractivity contribution is 0.398. The van der Waals surface area contributed by atoms with Gasteiger partial charge in [-0.15, -0.1) is 0 Å². The summed E-state index contributed by atoms with van der Waals surface area (Å²) in [6.07, 6.45) is 19.5. The predicted molar refractivity (Wildman–Crippen MR) is 99.1 cm³/mol. The standard InChI is InChI=1S/C21H34O2/c1-2-3-4-5-6-7-8-9-10-11-12-13-14-16-19-17-15-18-20(22)21(19)23/h5-6,15,17-18,22-23H,2-4,7-14,16H2,1H3/b6-5-. The summed E-state index contributed by atoms with van der Waals surface area (Å²) >= 11 is 0. The summed E-state index contributed by atoms with van der Waals surface area (Å²) < 4.78 is 0. The highest BCUT2D eigenvalue weighted by Gasteiger charge is 2.04. The Kier molecular flexibility index (Phi) is 11.1. The van der Waals surface area contributed by atoms with Crippen molar-refractivity contribution in [1.29, 1.82) is 0 Å². The minimum absolute atomic E-state index is 0.00811. The van der Waals surface area contributed by atoms with Gasteiger partial charge in [0.2, 0.25) is 0 Å². The van der Waals surface area contributed by atoms with Crippen molar-refractivity contribution >= 4 is 0 Å². The summed E-state index contributed by atoms with van der Waals surface area (Å²) in [7, 11) is 0. The number of para-hydroxylation sites is 1. The van der Waals surface area contributed by atoms with Crippen LogP contribution in [0, 0.1) is 0 Å². The second-order valence-corrected chi connectivity index (χ2v) is 6.41. The number of allylic oxidation sites excluding steroid dienone is 2. The van der Waals surface area contributed by atoms with Gasteiger partial charge < -0.3 is 10.2 Å². The molecule has 0 spiro atoms. The molecule has 2 nitrogen and oxygen atoms in total. The number of rotatable bonds is 13. The number of hydrogen-bond acceptors (Lipinski definition) is 2. The molecule has 1 rings (SSSR count). The van der Waals surface area contributed by atoms with Crippen LogP contribution in [0.5, 0.6) is 11.5 Å². The number of phenolic OH excluding ortho intramolecular Hbond substituents is 2. The van der Waals surface area contributed by atoms with E-state index in [1.54, 1.807) is 6.07 Å². The molecule has 1 aromatic carbocycles. The Morgan fingerprint density at radius 1 is 0.783 bits per heavy atom. The van der Waals surface area contributed by atoms with E-state index in [0.717, 1.165) is 18.4 Å². The van der Waals surface area contributed by atoms with Gasteiger partial charge in [-0.05, 0) is 43.7 Å². The molecule has 2 heteroatoms. The Bertz CT molecular complexity index is 437. The molecule has 0 aliphatic heterocycles. The molecular weight excluding hydrogens is 284 g/mol. The molecule has 0 fully saturated rings. The Balaban J connectivity index is 1.92. The Morgan fingerprint density at radius 3 is 2.09 bits per heavy atom. The predicted octanol–water partition coefficient (Wildman–Crippen LogP) is 6.51. The van der Waals surface area contributed by atoms with Crippen LogP contribution in [0.25, 0.3) is 0 Å². The van der Waals surface area contributed by atoms with Crippen LogP contribution in [0.1, 0.15) is 83.1 Å². The first-order valence-corrected chi connectivity index (χ1v) is 9.40. The first-order chi connectivity index (χ1) is 11.3. The third kappa shape index (κ3) is 9.32. The lowest BCUT2D eigenvalue weighted by atomic mass is 10.0. The molecule has 0 atom stereocenters. The summed E-state index contributed by atoms with van der Waals surface area (Å²) in [4.78, 5) is 0. The molecule has 0 aliphatic carbocycles. The van der Waals surface area contributed by atoms with Crippen molar-refractivity contribution < 1.29 is 10.2 Å². The monoisotopic (exact) mass is 318 g/mol. The van der Waals surface area contributed by atoms with Crippen LogP contribution in [-0.2, 0) is 6.42 Å². The Hall–Kier alpha value is -1.44. The number of aryl methyl sites for hydroxylation is 1. The lowest BCUT2D eigenvalue weighted by Gasteiger charge is -2.06. The Labute approximate surface area is 142 Å². The van der Waals surface area contributed by atoms with E-state index in [0.29, 0.717) is 0 Å². The topological polar surface area (TPSA) is 40.5 Å². The van der Waals surface area contributed by atoms with Gasteiger partial charge in [-0.2, -0.15) is 0 Å². The quantitative estimate of drug-likeness (QED) is 0.247. The second kappa shape index (κ2) is 13.0. The summed E-state index contributed by atoms with van der Waals surface area (Å²) in [5.74, 6) is 0.0470. The van der Waals surface area contributed by atoms with E-state index in [1.165, 1.54) is 70.3 Å². The minimum Gasteiger partial charge on any atom is -0.504 e. The average molecular weight is 319 g/mol. The van der Waals surface area contributed by atoms with Gasteiger partial charge >= 0.3 is 0 Å². The third-order valence-electron chi connectivity index (χ3n) is 4.31. The van der Waals surface area contributed by atoms with Crippen LogP contribution in [0.15, 0.2) is 30.4 Å². The van der Waals surface area contributed by atoms with Gasteiger partial charge in [0, 0.05) is 0 Å².